The lowest BCUT2D eigenvalue weighted by molar-refractivity contribution is 0.206. The molecule has 0 fully saturated rings. The fourth-order valence-corrected chi connectivity index (χ4v) is 2.18. The number of thiophene rings is 1. The van der Waals surface area contributed by atoms with Crippen LogP contribution in [0.4, 0.5) is 4.79 Å². The number of aromatic nitrogens is 4. The number of hydrogen-bond donors (Lipinski definition) is 2. The summed E-state index contributed by atoms with van der Waals surface area (Å²) in [6.07, 6.45) is 0.457. The lowest BCUT2D eigenvalue weighted by Crippen LogP contribution is -2.18. The number of nitrogens with two attached hydrogens (primary N) is 1. The molecule has 1 amide bonds. The molecule has 0 unspecified atom stereocenters. The highest BCUT2D eigenvalue weighted by molar-refractivity contribution is 7.09. The van der Waals surface area contributed by atoms with Gasteiger partial charge in [0.1, 0.15) is 6.61 Å². The third-order valence-electron chi connectivity index (χ3n) is 2.35. The molecule has 0 aliphatic heterocycles. The van der Waals surface area contributed by atoms with Gasteiger partial charge >= 0.3 is 12.1 Å². The van der Waals surface area contributed by atoms with E-state index in [1.165, 1.54) is 6.33 Å². The Morgan fingerprint density at radius 2 is 2.35 bits per heavy atom. The van der Waals surface area contributed by atoms with Gasteiger partial charge in [-0.2, -0.15) is 9.97 Å². The number of aromatic amines is 1. The smallest absolute Gasteiger partial charge is 0.412 e. The molecule has 0 aliphatic carbocycles. The molecular weight excluding hydrogens is 282 g/mol. The first-order valence-electron chi connectivity index (χ1n) is 5.56. The van der Waals surface area contributed by atoms with Crippen LogP contribution in [0.15, 0.2) is 23.8 Å². The van der Waals surface area contributed by atoms with Crippen LogP contribution < -0.4 is 15.2 Å². The summed E-state index contributed by atoms with van der Waals surface area (Å²) in [5.74, 6) is 0.223. The highest BCUT2D eigenvalue weighted by Crippen LogP contribution is 2.23. The predicted molar refractivity (Wildman–Crippen MR) is 70.5 cm³/mol. The molecule has 0 bridgehead atoms. The van der Waals surface area contributed by atoms with E-state index in [1.54, 1.807) is 11.3 Å². The molecule has 8 nitrogen and oxygen atoms in total. The van der Waals surface area contributed by atoms with Crippen LogP contribution in [0.2, 0.25) is 0 Å². The second kappa shape index (κ2) is 5.13. The van der Waals surface area contributed by atoms with Crippen LogP contribution in [0.25, 0.3) is 11.2 Å². The highest BCUT2D eigenvalue weighted by Gasteiger charge is 2.14. The first-order chi connectivity index (χ1) is 9.72. The zero-order chi connectivity index (χ0) is 13.9. The summed E-state index contributed by atoms with van der Waals surface area (Å²) in [6, 6.07) is 3.68. The molecule has 0 aliphatic rings. The second-order valence-electron chi connectivity index (χ2n) is 3.70. The van der Waals surface area contributed by atoms with E-state index in [0.29, 0.717) is 17.8 Å². The quantitative estimate of drug-likeness (QED) is 0.751. The van der Waals surface area contributed by atoms with E-state index in [-0.39, 0.29) is 11.9 Å². The highest BCUT2D eigenvalue weighted by atomic mass is 32.1. The summed E-state index contributed by atoms with van der Waals surface area (Å²) in [5, 5.41) is 1.95. The van der Waals surface area contributed by atoms with Crippen molar-refractivity contribution in [1.82, 2.24) is 19.9 Å². The van der Waals surface area contributed by atoms with E-state index >= 15 is 0 Å². The number of H-pyrrole nitrogens is 1. The van der Waals surface area contributed by atoms with Crippen molar-refractivity contribution in [1.29, 1.82) is 0 Å². The molecule has 0 radical (unpaired) electrons. The number of carbonyl (C=O) groups is 1. The van der Waals surface area contributed by atoms with Crippen LogP contribution in [-0.4, -0.2) is 26.0 Å². The van der Waals surface area contributed by atoms with Crippen LogP contribution in [-0.2, 0) is 6.61 Å². The molecular formula is C11H9N5O3S. The predicted octanol–water partition coefficient (Wildman–Crippen LogP) is 1.45. The van der Waals surface area contributed by atoms with Gasteiger partial charge in [-0.15, -0.1) is 11.3 Å². The first-order valence-corrected chi connectivity index (χ1v) is 6.44. The van der Waals surface area contributed by atoms with Crippen molar-refractivity contribution in [2.45, 2.75) is 6.61 Å². The van der Waals surface area contributed by atoms with Crippen molar-refractivity contribution in [2.75, 3.05) is 0 Å². The molecule has 0 aromatic carbocycles. The Balaban J connectivity index is 1.90. The third kappa shape index (κ3) is 2.52. The second-order valence-corrected chi connectivity index (χ2v) is 4.73. The Labute approximate surface area is 116 Å². The molecule has 3 aromatic heterocycles. The number of nitrogens with one attached hydrogen (secondary N) is 1. The van der Waals surface area contributed by atoms with Gasteiger partial charge in [0.25, 0.3) is 0 Å². The summed E-state index contributed by atoms with van der Waals surface area (Å²) in [7, 11) is 0. The third-order valence-corrected chi connectivity index (χ3v) is 3.20. The molecule has 3 rings (SSSR count). The molecule has 0 saturated heterocycles. The molecule has 3 aromatic rings. The molecule has 20 heavy (non-hydrogen) atoms. The number of amides is 1. The van der Waals surface area contributed by atoms with E-state index in [2.05, 4.69) is 24.7 Å². The lowest BCUT2D eigenvalue weighted by Gasteiger charge is -2.05. The number of imidazole rings is 1. The topological polar surface area (TPSA) is 116 Å². The molecule has 3 heterocycles. The summed E-state index contributed by atoms with van der Waals surface area (Å²) in [4.78, 5) is 26.6. The number of ether oxygens (including phenoxy) is 2. The van der Waals surface area contributed by atoms with Gasteiger partial charge in [-0.3, -0.25) is 0 Å². The molecule has 0 atom stereocenters. The maximum absolute atomic E-state index is 10.8. The average Bonchev–Trinajstić information content (AvgIpc) is 3.05. The van der Waals surface area contributed by atoms with Crippen LogP contribution in [0, 0.1) is 0 Å². The lowest BCUT2D eigenvalue weighted by atomic mass is 10.5. The largest absolute Gasteiger partial charge is 0.470 e. The summed E-state index contributed by atoms with van der Waals surface area (Å²) in [6.45, 7) is 0.340. The van der Waals surface area contributed by atoms with E-state index in [4.69, 9.17) is 10.5 Å². The van der Waals surface area contributed by atoms with Gasteiger partial charge in [-0.25, -0.2) is 9.78 Å². The Morgan fingerprint density at radius 3 is 3.10 bits per heavy atom. The molecule has 3 N–H and O–H groups in total. The Bertz CT molecular complexity index is 740. The van der Waals surface area contributed by atoms with E-state index in [1.807, 2.05) is 17.5 Å². The van der Waals surface area contributed by atoms with E-state index in [0.717, 1.165) is 4.88 Å². The normalized spacial score (nSPS) is 10.6. The van der Waals surface area contributed by atoms with Crippen molar-refractivity contribution < 1.29 is 14.3 Å². The number of primary amides is 1. The molecule has 0 saturated carbocycles. The van der Waals surface area contributed by atoms with Gasteiger partial charge in [-0.05, 0) is 11.4 Å². The fourth-order valence-electron chi connectivity index (χ4n) is 1.56. The minimum atomic E-state index is -0.993. The van der Waals surface area contributed by atoms with Crippen LogP contribution in [0.3, 0.4) is 0 Å². The van der Waals surface area contributed by atoms with Gasteiger partial charge in [0, 0.05) is 4.88 Å². The van der Waals surface area contributed by atoms with Crippen LogP contribution in [0.1, 0.15) is 4.88 Å². The van der Waals surface area contributed by atoms with Gasteiger partial charge in [0.2, 0.25) is 5.88 Å². The summed E-state index contributed by atoms with van der Waals surface area (Å²) in [5.41, 5.74) is 5.80. The standard InChI is InChI=1S/C11H9N5O3S/c12-10(17)19-11-15-8-7(13-5-14-8)9(16-11)18-4-6-2-1-3-20-6/h1-3,5H,4H2,(H2,12,17)(H,13,14,15,16). The van der Waals surface area contributed by atoms with E-state index in [9.17, 15) is 4.79 Å². The fraction of sp³-hybridized carbons (Fsp3) is 0.0909. The SMILES string of the molecule is NC(=O)Oc1nc(OCc2cccs2)c2nc[nH]c2n1. The van der Waals surface area contributed by atoms with Crippen molar-refractivity contribution >= 4 is 28.6 Å². The zero-order valence-electron chi connectivity index (χ0n) is 10.1. The number of hydrogen-bond acceptors (Lipinski definition) is 7. The van der Waals surface area contributed by atoms with Crippen LogP contribution in [0.5, 0.6) is 11.9 Å². The minimum Gasteiger partial charge on any atom is -0.470 e. The maximum atomic E-state index is 10.8. The number of rotatable bonds is 4. The Kier molecular flexibility index (Phi) is 3.17. The van der Waals surface area contributed by atoms with Gasteiger partial charge in [-0.1, -0.05) is 6.07 Å². The summed E-state index contributed by atoms with van der Waals surface area (Å²) < 4.78 is 10.2. The molecule has 9 heteroatoms. The van der Waals surface area contributed by atoms with E-state index < -0.39 is 6.09 Å². The van der Waals surface area contributed by atoms with Gasteiger partial charge in [0.15, 0.2) is 11.2 Å². The first kappa shape index (κ1) is 12.4. The number of carbonyl (C=O) groups excluding carboxylic acids is 1. The summed E-state index contributed by atoms with van der Waals surface area (Å²) >= 11 is 1.56. The zero-order valence-corrected chi connectivity index (χ0v) is 10.9. The Hall–Kier alpha value is -2.68. The van der Waals surface area contributed by atoms with Crippen LogP contribution >= 0.6 is 11.3 Å². The molecule has 0 spiro atoms. The van der Waals surface area contributed by atoms with Crippen molar-refractivity contribution in [3.63, 3.8) is 0 Å². The monoisotopic (exact) mass is 291 g/mol. The molecule has 102 valence electrons. The minimum absolute atomic E-state index is 0.185. The van der Waals surface area contributed by atoms with Gasteiger partial charge in [0.05, 0.1) is 6.33 Å². The Morgan fingerprint density at radius 1 is 1.45 bits per heavy atom. The van der Waals surface area contributed by atoms with Crippen molar-refractivity contribution in [3.05, 3.63) is 28.7 Å². The van der Waals surface area contributed by atoms with Gasteiger partial charge < -0.3 is 20.2 Å². The number of nitrogens with zero attached hydrogens (tertiary/aromatic N) is 3. The van der Waals surface area contributed by atoms with Crippen molar-refractivity contribution in [3.8, 4) is 11.9 Å². The maximum Gasteiger partial charge on any atom is 0.412 e. The average molecular weight is 291 g/mol. The number of fused-ring (bicyclic) bond motifs is 1. The van der Waals surface area contributed by atoms with Crippen molar-refractivity contribution in [2.24, 2.45) is 5.73 Å².